The van der Waals surface area contributed by atoms with Gasteiger partial charge in [-0.2, -0.15) is 4.98 Å². The molecular weight excluding hydrogens is 1500 g/mol. The van der Waals surface area contributed by atoms with Gasteiger partial charge in [0.1, 0.15) is 18.7 Å². The number of fused-ring (bicyclic) bond motifs is 7. The summed E-state index contributed by atoms with van der Waals surface area (Å²) in [5, 5.41) is 41.2. The second-order valence-corrected chi connectivity index (χ2v) is 30.7. The number of nitrogens with one attached hydrogen (secondary N) is 9. The first-order valence-electron chi connectivity index (χ1n) is 37.7. The van der Waals surface area contributed by atoms with Crippen LogP contribution >= 0.6 is 21.6 Å². The van der Waals surface area contributed by atoms with E-state index in [0.29, 0.717) is 111 Å². The van der Waals surface area contributed by atoms with E-state index >= 15 is 4.79 Å². The van der Waals surface area contributed by atoms with Crippen molar-refractivity contribution in [2.75, 3.05) is 69.2 Å². The summed E-state index contributed by atoms with van der Waals surface area (Å²) in [6.45, 7) is 17.4. The van der Waals surface area contributed by atoms with Crippen molar-refractivity contribution in [2.24, 2.45) is 38.6 Å². The molecule has 0 fully saturated rings. The van der Waals surface area contributed by atoms with Crippen molar-refractivity contribution < 1.29 is 82.2 Å². The molecule has 8 atom stereocenters. The summed E-state index contributed by atoms with van der Waals surface area (Å²) in [5.74, 6) is -7.31. The Kier molecular flexibility index (Phi) is 32.7. The predicted molar refractivity (Wildman–Crippen MR) is 427 cm³/mol. The number of nitrogens with two attached hydrogens (primary N) is 1. The zero-order valence-corrected chi connectivity index (χ0v) is 66.8. The van der Waals surface area contributed by atoms with Crippen LogP contribution in [0.3, 0.4) is 0 Å². The number of carboxylic acids is 2. The standard InChI is InChI=1S/C77H102N16O18S2/c1-11-14-47(23-29-111-77(9,13-3)25-27-94)83-71(101)65-43(7)56-35-57-49(12-2)40(4)53(84-57)36-58-64(44(8)95)42(6)55(85-58)34-54-41(5)50(66(87-54)51(67(65)88-56)33-63(99)108-10)19-21-62(98)92-93-76(107)110-31-32-112-113-39-59(74(105)106)86-61(97)24-28-109-30-26-79-60(96)22-20-52(73(103)104)89-70(100)45-15-17-46(18-16-45)80-37-48-38-81-69-68(82-48)72(102)91-75(78)90-69/h15-18,34,36,38,40-41,49-50,52,57,59,80,85,88,94H,11-14,19-33,35,37,39H2,1-10H3,(H,79,96)(H,86,97)(H,89,100)(H,92,98)(H,93,107)(H,103,104)(H,105,106)(H3,78,81,90,91,102)/b55-34-,58-36-,66-51?,83-47?/t40-,41+,49-,50+,52+,57?,59+,77?/m1/s1. The number of methoxy groups -OCH3 is 1. The SMILES string of the molecule is CCCC(CCOC(C)(CC)CCO)=NC(=O)c1c2[nH]c(c1C)CC1N=C(/C=c3\[nH]/c(c(C)c3C(C)=O)=C\C3=NC(=C2CC(=O)OC)[C@@H](CCC(=O)NNC(=O)OCCSSC[C@H](NC(=O)CCOCCNC(=O)CC[C@H](NC(=O)c2ccc(NCc4cnc5nc(N)[nH]c(=O)c5n4)cc2)C(=O)O)C(=O)O)[C@@H]3C)[C@H](C)[C@H]1CC. The Balaban J connectivity index is 0.809. The number of ether oxygens (including phenoxy) is 4. The molecule has 8 rings (SSSR count). The van der Waals surface area contributed by atoms with Crippen LogP contribution in [0, 0.1) is 37.5 Å². The van der Waals surface area contributed by atoms with Gasteiger partial charge in [-0.25, -0.2) is 34.8 Å². The first-order chi connectivity index (χ1) is 54.0. The third-order valence-corrected chi connectivity index (χ3v) is 22.6. The molecule has 3 aliphatic rings. The van der Waals surface area contributed by atoms with Gasteiger partial charge in [0.25, 0.3) is 17.4 Å². The fraction of sp³-hybridized carbons (Fsp3) is 0.519. The number of rotatable bonds is 40. The number of hydrogen-bond donors (Lipinski definition) is 13. The number of carboxylic acid groups (broad SMARTS) is 2. The van der Waals surface area contributed by atoms with Crippen LogP contribution in [0.25, 0.3) is 28.9 Å². The number of carbonyl (C=O) groups is 10. The number of esters is 1. The van der Waals surface area contributed by atoms with E-state index in [0.717, 1.165) is 22.9 Å². The molecule has 6 amide bonds. The molecule has 3 aliphatic heterocycles. The van der Waals surface area contributed by atoms with Crippen molar-refractivity contribution in [2.45, 2.75) is 176 Å². The number of nitrogens with zero attached hydrogens (tertiary/aromatic N) is 6. The summed E-state index contributed by atoms with van der Waals surface area (Å²) < 4.78 is 22.4. The van der Waals surface area contributed by atoms with E-state index in [1.54, 1.807) is 12.1 Å². The number of aliphatic hydroxyl groups excluding tert-OH is 1. The Morgan fingerprint density at radius 2 is 1.55 bits per heavy atom. The molecule has 8 bridgehead atoms. The summed E-state index contributed by atoms with van der Waals surface area (Å²) >= 11 is 0. The summed E-state index contributed by atoms with van der Waals surface area (Å²) in [6, 6.07) is 3.17. The smallest absolute Gasteiger partial charge is 0.426 e. The van der Waals surface area contributed by atoms with E-state index < -0.39 is 88.6 Å². The fourth-order valence-corrected chi connectivity index (χ4v) is 15.7. The second-order valence-electron chi connectivity index (χ2n) is 28.1. The summed E-state index contributed by atoms with van der Waals surface area (Å²) in [4.78, 5) is 181. The second kappa shape index (κ2) is 41.9. The highest BCUT2D eigenvalue weighted by Gasteiger charge is 2.40. The van der Waals surface area contributed by atoms with E-state index in [1.807, 2.05) is 53.7 Å². The minimum Gasteiger partial charge on any atom is -0.480 e. The molecule has 0 aliphatic carbocycles. The van der Waals surface area contributed by atoms with Gasteiger partial charge < -0.3 is 71.2 Å². The molecule has 610 valence electrons. The van der Waals surface area contributed by atoms with Crippen molar-refractivity contribution in [3.05, 3.63) is 102 Å². The lowest BCUT2D eigenvalue weighted by Gasteiger charge is -2.28. The molecule has 113 heavy (non-hydrogen) atoms. The Bertz CT molecular complexity index is 4670. The number of H-pyrrole nitrogens is 3. The van der Waals surface area contributed by atoms with Gasteiger partial charge >= 0.3 is 24.0 Å². The van der Waals surface area contributed by atoms with Gasteiger partial charge in [-0.05, 0) is 113 Å². The van der Waals surface area contributed by atoms with Crippen LogP contribution in [-0.4, -0.2) is 204 Å². The molecule has 0 radical (unpaired) electrons. The lowest BCUT2D eigenvalue weighted by Crippen LogP contribution is -2.42. The minimum absolute atomic E-state index is 0.000601. The Hall–Kier alpha value is -10.4. The number of allylic oxidation sites excluding steroid dienone is 1. The summed E-state index contributed by atoms with van der Waals surface area (Å²) in [6.07, 6.45) is 6.98. The number of amides is 6. The number of aliphatic carboxylic acids is 2. The topological polar surface area (TPSA) is 507 Å². The first-order valence-corrected chi connectivity index (χ1v) is 40.2. The van der Waals surface area contributed by atoms with E-state index in [9.17, 15) is 63.3 Å². The zero-order valence-electron chi connectivity index (χ0n) is 65.2. The molecule has 4 aromatic heterocycles. The third kappa shape index (κ3) is 24.3. The van der Waals surface area contributed by atoms with Crippen LogP contribution in [0.15, 0.2) is 55.9 Å². The van der Waals surface area contributed by atoms with Crippen molar-refractivity contribution >= 4 is 139 Å². The number of carbonyl (C=O) groups excluding carboxylic acids is 8. The number of Topliss-reactive ketones (excluding diaryl/α,β-unsaturated/α-hetero) is 1. The number of aromatic nitrogens is 6. The van der Waals surface area contributed by atoms with Gasteiger partial charge in [-0.1, -0.05) is 69.0 Å². The van der Waals surface area contributed by atoms with Crippen LogP contribution in [0.4, 0.5) is 16.4 Å². The van der Waals surface area contributed by atoms with Gasteiger partial charge in [0.15, 0.2) is 16.9 Å². The summed E-state index contributed by atoms with van der Waals surface area (Å²) in [5.41, 5.74) is 16.2. The molecule has 0 saturated carbocycles. The minimum atomic E-state index is -1.40. The summed E-state index contributed by atoms with van der Waals surface area (Å²) in [7, 11) is 3.54. The number of aliphatic hydroxyl groups is 1. The first kappa shape index (κ1) is 88.1. The lowest BCUT2D eigenvalue weighted by atomic mass is 9.83. The Morgan fingerprint density at radius 1 is 0.805 bits per heavy atom. The maximum absolute atomic E-state index is 15.2. The molecular formula is C77H102N16O18S2. The van der Waals surface area contributed by atoms with Crippen molar-refractivity contribution in [3.8, 4) is 0 Å². The highest BCUT2D eigenvalue weighted by atomic mass is 33.1. The number of anilines is 2. The molecule has 14 N–H and O–H groups in total. The van der Waals surface area contributed by atoms with E-state index in [-0.39, 0.29) is 148 Å². The Labute approximate surface area is 660 Å². The van der Waals surface area contributed by atoms with E-state index in [1.165, 1.54) is 43.2 Å². The van der Waals surface area contributed by atoms with Gasteiger partial charge in [-0.3, -0.25) is 58.8 Å². The number of hydrogen-bond acceptors (Lipinski definition) is 25. The quantitative estimate of drug-likeness (QED) is 0.00560. The van der Waals surface area contributed by atoms with Crippen LogP contribution in [0.1, 0.15) is 185 Å². The molecule has 5 aromatic rings. The van der Waals surface area contributed by atoms with Gasteiger partial charge in [0, 0.05) is 125 Å². The molecule has 1 aromatic carbocycles. The average Bonchev–Trinajstić information content (AvgIpc) is 1.58. The number of hydrazine groups is 1. The van der Waals surface area contributed by atoms with Crippen molar-refractivity contribution in [1.29, 1.82) is 0 Å². The largest absolute Gasteiger partial charge is 0.480 e. The lowest BCUT2D eigenvalue weighted by molar-refractivity contribution is -0.141. The predicted octanol–water partition coefficient (Wildman–Crippen LogP) is 5.68. The van der Waals surface area contributed by atoms with Crippen LogP contribution in [0.5, 0.6) is 0 Å². The highest BCUT2D eigenvalue weighted by molar-refractivity contribution is 8.76. The molecule has 34 nitrogen and oxygen atoms in total. The maximum Gasteiger partial charge on any atom is 0.426 e. The number of aromatic amines is 3. The Morgan fingerprint density at radius 3 is 2.24 bits per heavy atom. The number of aliphatic imine (C=N–C) groups is 3. The molecule has 0 spiro atoms. The van der Waals surface area contributed by atoms with Crippen molar-refractivity contribution in [3.63, 3.8) is 0 Å². The van der Waals surface area contributed by atoms with Crippen LogP contribution in [0.2, 0.25) is 0 Å². The molecule has 2 unspecified atom stereocenters. The molecule has 36 heteroatoms. The van der Waals surface area contributed by atoms with Crippen LogP contribution < -0.4 is 54.1 Å². The average molecular weight is 1600 g/mol. The van der Waals surface area contributed by atoms with Crippen LogP contribution in [-0.2, 0) is 60.7 Å². The van der Waals surface area contributed by atoms with E-state index in [4.69, 9.17) is 39.7 Å². The molecule has 0 saturated heterocycles. The number of benzene rings is 1. The maximum atomic E-state index is 15.2. The third-order valence-electron chi connectivity index (χ3n) is 20.2. The monoisotopic (exact) mass is 1600 g/mol. The zero-order chi connectivity index (χ0) is 82.2. The normalized spacial score (nSPS) is 18.2. The van der Waals surface area contributed by atoms with Gasteiger partial charge in [0.2, 0.25) is 23.7 Å². The highest BCUT2D eigenvalue weighted by Crippen LogP contribution is 2.43. The van der Waals surface area contributed by atoms with E-state index in [2.05, 4.69) is 75.9 Å². The number of nitrogen functional groups attached to an aromatic ring is 1. The van der Waals surface area contributed by atoms with Crippen molar-refractivity contribution in [1.82, 2.24) is 56.7 Å². The fourth-order valence-electron chi connectivity index (χ4n) is 13.7. The number of ketones is 1. The van der Waals surface area contributed by atoms with Gasteiger partial charge in [-0.15, -0.1) is 0 Å². The molecule has 7 heterocycles. The van der Waals surface area contributed by atoms with Gasteiger partial charge in [0.05, 0.1) is 85.7 Å².